The maximum Gasteiger partial charge on any atom is 0.269 e. The van der Waals surface area contributed by atoms with Crippen molar-refractivity contribution in [2.45, 2.75) is 4.90 Å². The molecule has 0 amide bonds. The van der Waals surface area contributed by atoms with Crippen molar-refractivity contribution < 1.29 is 8.42 Å². The number of anilines is 1. The summed E-state index contributed by atoms with van der Waals surface area (Å²) in [4.78, 5) is 8.40. The number of benzene rings is 1. The molecular weight excluding hydrogens is 372 g/mol. The first-order chi connectivity index (χ1) is 12.5. The number of nitrogens with two attached hydrogens (primary N) is 1. The van der Waals surface area contributed by atoms with Crippen LogP contribution in [0.25, 0.3) is 22.2 Å². The molecule has 0 unspecified atom stereocenters. The highest BCUT2D eigenvalue weighted by atomic mass is 35.5. The molecule has 6 nitrogen and oxygen atoms in total. The fourth-order valence-corrected chi connectivity index (χ4v) is 4.38. The minimum absolute atomic E-state index is 0.182. The molecule has 8 heteroatoms. The fraction of sp³-hybridized carbons (Fsp3) is 0. The Hall–Kier alpha value is -2.90. The van der Waals surface area contributed by atoms with Crippen LogP contribution in [-0.2, 0) is 10.0 Å². The molecular formula is C18H13ClN4O2S. The molecule has 2 N–H and O–H groups in total. The number of hydrogen-bond donors (Lipinski definition) is 1. The monoisotopic (exact) mass is 384 g/mol. The van der Waals surface area contributed by atoms with Crippen LogP contribution in [0.1, 0.15) is 0 Å². The van der Waals surface area contributed by atoms with Crippen molar-refractivity contribution in [2.24, 2.45) is 0 Å². The zero-order valence-electron chi connectivity index (χ0n) is 13.4. The first kappa shape index (κ1) is 16.6. The predicted molar refractivity (Wildman–Crippen MR) is 101 cm³/mol. The average Bonchev–Trinajstić information content (AvgIpc) is 3.02. The number of nitrogens with zero attached hydrogens (tertiary/aromatic N) is 3. The van der Waals surface area contributed by atoms with Crippen molar-refractivity contribution in [1.82, 2.24) is 13.9 Å². The van der Waals surface area contributed by atoms with Gasteiger partial charge in [0.05, 0.1) is 4.90 Å². The number of hydrogen-bond acceptors (Lipinski definition) is 5. The van der Waals surface area contributed by atoms with Crippen LogP contribution in [0.2, 0.25) is 5.15 Å². The first-order valence-corrected chi connectivity index (χ1v) is 9.49. The highest BCUT2D eigenvalue weighted by Crippen LogP contribution is 2.33. The van der Waals surface area contributed by atoms with E-state index in [1.54, 1.807) is 60.8 Å². The Bertz CT molecular complexity index is 1200. The summed E-state index contributed by atoms with van der Waals surface area (Å²) in [5.41, 5.74) is 7.44. The van der Waals surface area contributed by atoms with Crippen LogP contribution in [-0.4, -0.2) is 22.4 Å². The van der Waals surface area contributed by atoms with E-state index in [1.165, 1.54) is 10.2 Å². The summed E-state index contributed by atoms with van der Waals surface area (Å²) >= 11 is 6.01. The van der Waals surface area contributed by atoms with Crippen molar-refractivity contribution in [3.63, 3.8) is 0 Å². The summed E-state index contributed by atoms with van der Waals surface area (Å²) < 4.78 is 27.4. The van der Waals surface area contributed by atoms with Gasteiger partial charge in [0.15, 0.2) is 5.65 Å². The highest BCUT2D eigenvalue weighted by Gasteiger charge is 2.22. The van der Waals surface area contributed by atoms with Gasteiger partial charge in [0.25, 0.3) is 10.0 Å². The lowest BCUT2D eigenvalue weighted by atomic mass is 10.1. The SMILES string of the molecule is Nc1cc(-c2cn(S(=O)(=O)c3ccccc3)c3ncccc23)cc(Cl)n1. The number of rotatable bonds is 3. The molecule has 3 heterocycles. The third-order valence-corrected chi connectivity index (χ3v) is 5.81. The van der Waals surface area contributed by atoms with Gasteiger partial charge in [-0.25, -0.2) is 22.4 Å². The van der Waals surface area contributed by atoms with Crippen LogP contribution in [0.15, 0.2) is 71.9 Å². The average molecular weight is 385 g/mol. The summed E-state index contributed by atoms with van der Waals surface area (Å²) in [5, 5.41) is 0.907. The lowest BCUT2D eigenvalue weighted by molar-refractivity contribution is 0.589. The topological polar surface area (TPSA) is 90.9 Å². The van der Waals surface area contributed by atoms with Gasteiger partial charge < -0.3 is 5.73 Å². The van der Waals surface area contributed by atoms with Gasteiger partial charge in [0.2, 0.25) is 0 Å². The Morgan fingerprint density at radius 3 is 2.54 bits per heavy atom. The van der Waals surface area contributed by atoms with E-state index in [-0.39, 0.29) is 15.9 Å². The van der Waals surface area contributed by atoms with E-state index in [2.05, 4.69) is 9.97 Å². The van der Waals surface area contributed by atoms with E-state index in [0.717, 1.165) is 0 Å². The van der Waals surface area contributed by atoms with E-state index in [0.29, 0.717) is 22.2 Å². The van der Waals surface area contributed by atoms with Crippen molar-refractivity contribution in [1.29, 1.82) is 0 Å². The Morgan fingerprint density at radius 1 is 1.04 bits per heavy atom. The Morgan fingerprint density at radius 2 is 1.81 bits per heavy atom. The van der Waals surface area contributed by atoms with Crippen LogP contribution in [0, 0.1) is 0 Å². The summed E-state index contributed by atoms with van der Waals surface area (Å²) in [6, 6.07) is 15.0. The Labute approximate surface area is 154 Å². The molecule has 3 aromatic heterocycles. The molecule has 0 spiro atoms. The van der Waals surface area contributed by atoms with Crippen LogP contribution in [0.3, 0.4) is 0 Å². The molecule has 0 saturated carbocycles. The maximum absolute atomic E-state index is 13.1. The minimum atomic E-state index is -3.80. The number of fused-ring (bicyclic) bond motifs is 1. The van der Waals surface area contributed by atoms with Crippen molar-refractivity contribution in [3.05, 3.63) is 72.1 Å². The second-order valence-electron chi connectivity index (χ2n) is 5.63. The van der Waals surface area contributed by atoms with Gasteiger partial charge in [0, 0.05) is 23.3 Å². The van der Waals surface area contributed by atoms with Crippen molar-refractivity contribution in [2.75, 3.05) is 5.73 Å². The van der Waals surface area contributed by atoms with Gasteiger partial charge >= 0.3 is 0 Å². The number of nitrogen functional groups attached to an aromatic ring is 1. The molecule has 130 valence electrons. The van der Waals surface area contributed by atoms with Gasteiger partial charge in [0.1, 0.15) is 11.0 Å². The van der Waals surface area contributed by atoms with Gasteiger partial charge in [-0.15, -0.1) is 0 Å². The summed E-state index contributed by atoms with van der Waals surface area (Å²) in [6.07, 6.45) is 3.09. The molecule has 0 bridgehead atoms. The van der Waals surface area contributed by atoms with E-state index in [1.807, 2.05) is 0 Å². The second kappa shape index (κ2) is 6.12. The molecule has 0 atom stereocenters. The molecule has 4 rings (SSSR count). The molecule has 0 aliphatic rings. The maximum atomic E-state index is 13.1. The number of halogens is 1. The van der Waals surface area contributed by atoms with E-state index < -0.39 is 10.0 Å². The van der Waals surface area contributed by atoms with Crippen LogP contribution >= 0.6 is 11.6 Å². The summed E-state index contributed by atoms with van der Waals surface area (Å²) in [7, 11) is -3.80. The summed E-state index contributed by atoms with van der Waals surface area (Å²) in [5.74, 6) is 0.253. The molecule has 1 aromatic carbocycles. The van der Waals surface area contributed by atoms with E-state index in [4.69, 9.17) is 17.3 Å². The van der Waals surface area contributed by atoms with Crippen LogP contribution in [0.5, 0.6) is 0 Å². The highest BCUT2D eigenvalue weighted by molar-refractivity contribution is 7.90. The normalized spacial score (nSPS) is 11.7. The van der Waals surface area contributed by atoms with Crippen molar-refractivity contribution >= 4 is 38.5 Å². The van der Waals surface area contributed by atoms with Gasteiger partial charge in [-0.2, -0.15) is 0 Å². The molecule has 0 saturated heterocycles. The Kier molecular flexibility index (Phi) is 3.90. The van der Waals surface area contributed by atoms with Gasteiger partial charge in [-0.3, -0.25) is 0 Å². The molecule has 0 radical (unpaired) electrons. The van der Waals surface area contributed by atoms with E-state index >= 15 is 0 Å². The largest absolute Gasteiger partial charge is 0.384 e. The fourth-order valence-electron chi connectivity index (χ4n) is 2.82. The first-order valence-electron chi connectivity index (χ1n) is 7.67. The van der Waals surface area contributed by atoms with Crippen LogP contribution < -0.4 is 5.73 Å². The zero-order valence-corrected chi connectivity index (χ0v) is 14.9. The summed E-state index contributed by atoms with van der Waals surface area (Å²) in [6.45, 7) is 0. The molecule has 4 aromatic rings. The molecule has 0 aliphatic carbocycles. The molecule has 0 aliphatic heterocycles. The smallest absolute Gasteiger partial charge is 0.269 e. The second-order valence-corrected chi connectivity index (χ2v) is 7.84. The standard InChI is InChI=1S/C18H13ClN4O2S/c19-16-9-12(10-17(20)22-16)15-11-23(18-14(15)7-4-8-21-18)26(24,25)13-5-2-1-3-6-13/h1-11H,(H2,20,22). The lowest BCUT2D eigenvalue weighted by Crippen LogP contribution is -2.12. The third kappa shape index (κ3) is 2.71. The lowest BCUT2D eigenvalue weighted by Gasteiger charge is -2.06. The van der Waals surface area contributed by atoms with Crippen LogP contribution in [0.4, 0.5) is 5.82 Å². The number of aromatic nitrogens is 3. The molecule has 0 fully saturated rings. The third-order valence-electron chi connectivity index (χ3n) is 3.96. The Balaban J connectivity index is 2.02. The predicted octanol–water partition coefficient (Wildman–Crippen LogP) is 3.57. The van der Waals surface area contributed by atoms with Gasteiger partial charge in [-0.1, -0.05) is 29.8 Å². The van der Waals surface area contributed by atoms with E-state index in [9.17, 15) is 8.42 Å². The minimum Gasteiger partial charge on any atom is -0.384 e. The molecule has 26 heavy (non-hydrogen) atoms. The quantitative estimate of drug-likeness (QED) is 0.545. The van der Waals surface area contributed by atoms with Gasteiger partial charge in [-0.05, 0) is 42.0 Å². The van der Waals surface area contributed by atoms with Crippen molar-refractivity contribution in [3.8, 4) is 11.1 Å². The zero-order chi connectivity index (χ0) is 18.3. The number of pyridine rings is 2.